The zero-order valence-corrected chi connectivity index (χ0v) is 8.90. The van der Waals surface area contributed by atoms with Gasteiger partial charge < -0.3 is 10.2 Å². The molecule has 0 aliphatic carbocycles. The van der Waals surface area contributed by atoms with Crippen LogP contribution in [0.2, 0.25) is 0 Å². The Hall–Kier alpha value is -1.96. The lowest BCUT2D eigenvalue weighted by atomic mass is 10.0. The number of rotatable bonds is 0. The van der Waals surface area contributed by atoms with E-state index in [4.69, 9.17) is 0 Å². The topological polar surface area (TPSA) is 15.3 Å². The molecule has 0 bridgehead atoms. The van der Waals surface area contributed by atoms with Crippen molar-refractivity contribution >= 4 is 22.1 Å². The molecule has 0 unspecified atom stereocenters. The van der Waals surface area contributed by atoms with E-state index in [9.17, 15) is 0 Å². The van der Waals surface area contributed by atoms with Gasteiger partial charge in [-0.05, 0) is 28.8 Å². The van der Waals surface area contributed by atoms with Gasteiger partial charge >= 0.3 is 0 Å². The van der Waals surface area contributed by atoms with Crippen LogP contribution in [-0.2, 0) is 6.42 Å². The van der Waals surface area contributed by atoms with E-state index < -0.39 is 0 Å². The number of benzene rings is 2. The van der Waals surface area contributed by atoms with Crippen LogP contribution in [0.3, 0.4) is 0 Å². The summed E-state index contributed by atoms with van der Waals surface area (Å²) in [4.78, 5) is 2.34. The largest absolute Gasteiger partial charge is 0.359 e. The van der Waals surface area contributed by atoms with E-state index in [-0.39, 0.29) is 0 Å². The summed E-state index contributed by atoms with van der Waals surface area (Å²) in [5.74, 6) is 0. The molecule has 78 valence electrons. The first-order chi connectivity index (χ1) is 7.93. The molecule has 2 aromatic rings. The van der Waals surface area contributed by atoms with Crippen molar-refractivity contribution in [2.45, 2.75) is 6.42 Å². The third-order valence-electron chi connectivity index (χ3n) is 3.51. The highest BCUT2D eigenvalue weighted by molar-refractivity contribution is 5.98. The maximum atomic E-state index is 3.34. The SMILES string of the molecule is C1=CN2CCc3c2c(cc2ccccc32)N1. The molecule has 1 N–H and O–H groups in total. The normalized spacial score (nSPS) is 16.4. The second kappa shape index (κ2) is 2.79. The van der Waals surface area contributed by atoms with Crippen molar-refractivity contribution in [3.63, 3.8) is 0 Å². The van der Waals surface area contributed by atoms with E-state index in [0.717, 1.165) is 13.0 Å². The van der Waals surface area contributed by atoms with E-state index in [0.29, 0.717) is 0 Å². The molecule has 0 saturated heterocycles. The van der Waals surface area contributed by atoms with Crippen molar-refractivity contribution < 1.29 is 0 Å². The number of fused-ring (bicyclic) bond motifs is 2. The molecule has 0 fully saturated rings. The summed E-state index contributed by atoms with van der Waals surface area (Å²) >= 11 is 0. The van der Waals surface area contributed by atoms with Gasteiger partial charge in [-0.1, -0.05) is 24.3 Å². The minimum atomic E-state index is 1.11. The van der Waals surface area contributed by atoms with Gasteiger partial charge in [-0.15, -0.1) is 0 Å². The Labute approximate surface area is 94.2 Å². The lowest BCUT2D eigenvalue weighted by Crippen LogP contribution is -2.16. The summed E-state index contributed by atoms with van der Waals surface area (Å²) in [5.41, 5.74) is 4.11. The third kappa shape index (κ3) is 0.915. The lowest BCUT2D eigenvalue weighted by molar-refractivity contribution is 0.990. The number of anilines is 2. The molecule has 2 heteroatoms. The van der Waals surface area contributed by atoms with Crippen molar-refractivity contribution in [2.75, 3.05) is 16.8 Å². The van der Waals surface area contributed by atoms with Crippen LogP contribution in [0.5, 0.6) is 0 Å². The average Bonchev–Trinajstić information content (AvgIpc) is 2.76. The van der Waals surface area contributed by atoms with Crippen molar-refractivity contribution in [2.24, 2.45) is 0 Å². The van der Waals surface area contributed by atoms with Crippen molar-refractivity contribution in [3.05, 3.63) is 48.3 Å². The summed E-state index contributed by atoms with van der Waals surface area (Å²) in [6.45, 7) is 1.11. The Morgan fingerprint density at radius 2 is 2.12 bits per heavy atom. The predicted molar refractivity (Wildman–Crippen MR) is 67.8 cm³/mol. The molecular weight excluding hydrogens is 196 g/mol. The summed E-state index contributed by atoms with van der Waals surface area (Å²) in [7, 11) is 0. The standard InChI is InChI=1S/C14H12N2/c1-2-4-11-10(3-1)9-13-14-12(11)5-7-16(14)8-6-15-13/h1-4,6,8-9,15H,5,7H2. The summed E-state index contributed by atoms with van der Waals surface area (Å²) in [5, 5.41) is 6.08. The minimum absolute atomic E-state index is 1.11. The molecule has 2 aliphatic rings. The molecular formula is C14H12N2. The van der Waals surface area contributed by atoms with Crippen molar-refractivity contribution in [1.29, 1.82) is 0 Å². The van der Waals surface area contributed by atoms with Crippen LogP contribution < -0.4 is 10.2 Å². The van der Waals surface area contributed by atoms with Crippen LogP contribution in [0.25, 0.3) is 10.8 Å². The minimum Gasteiger partial charge on any atom is -0.359 e. The average molecular weight is 208 g/mol. The molecule has 2 heterocycles. The van der Waals surface area contributed by atoms with Gasteiger partial charge in [-0.3, -0.25) is 0 Å². The first-order valence-electron chi connectivity index (χ1n) is 5.68. The number of hydrogen-bond donors (Lipinski definition) is 1. The summed E-state index contributed by atoms with van der Waals surface area (Å²) < 4.78 is 0. The Bertz CT molecular complexity index is 613. The fraction of sp³-hybridized carbons (Fsp3) is 0.143. The predicted octanol–water partition coefficient (Wildman–Crippen LogP) is 3.10. The molecule has 2 nitrogen and oxygen atoms in total. The molecule has 2 aliphatic heterocycles. The van der Waals surface area contributed by atoms with E-state index in [2.05, 4.69) is 46.7 Å². The van der Waals surface area contributed by atoms with Crippen LogP contribution >= 0.6 is 0 Å². The molecule has 0 saturated carbocycles. The van der Waals surface area contributed by atoms with Crippen LogP contribution in [0.15, 0.2) is 42.7 Å². The molecule has 0 amide bonds. The van der Waals surface area contributed by atoms with E-state index in [1.165, 1.54) is 27.7 Å². The molecule has 0 spiro atoms. The molecule has 2 aromatic carbocycles. The van der Waals surface area contributed by atoms with E-state index in [1.807, 2.05) is 6.20 Å². The molecule has 0 atom stereocenters. The van der Waals surface area contributed by atoms with Gasteiger partial charge in [0.25, 0.3) is 0 Å². The van der Waals surface area contributed by atoms with E-state index >= 15 is 0 Å². The first kappa shape index (κ1) is 8.22. The zero-order chi connectivity index (χ0) is 10.5. The lowest BCUT2D eigenvalue weighted by Gasteiger charge is -2.23. The Balaban J connectivity index is 2.15. The van der Waals surface area contributed by atoms with Gasteiger partial charge in [0, 0.05) is 18.9 Å². The number of nitrogens with one attached hydrogen (secondary N) is 1. The molecule has 16 heavy (non-hydrogen) atoms. The maximum absolute atomic E-state index is 3.34. The van der Waals surface area contributed by atoms with Crippen LogP contribution in [0.1, 0.15) is 5.56 Å². The smallest absolute Gasteiger partial charge is 0.0685 e. The monoisotopic (exact) mass is 208 g/mol. The summed E-state index contributed by atoms with van der Waals surface area (Å²) in [6, 6.07) is 10.9. The van der Waals surface area contributed by atoms with Gasteiger partial charge in [-0.2, -0.15) is 0 Å². The third-order valence-corrected chi connectivity index (χ3v) is 3.51. The zero-order valence-electron chi connectivity index (χ0n) is 8.90. The highest BCUT2D eigenvalue weighted by atomic mass is 15.2. The quantitative estimate of drug-likeness (QED) is 0.715. The Morgan fingerprint density at radius 1 is 1.19 bits per heavy atom. The Morgan fingerprint density at radius 3 is 3.12 bits per heavy atom. The first-order valence-corrected chi connectivity index (χ1v) is 5.68. The van der Waals surface area contributed by atoms with E-state index in [1.54, 1.807) is 0 Å². The second-order valence-electron chi connectivity index (χ2n) is 4.38. The van der Waals surface area contributed by atoms with Gasteiger partial charge in [-0.25, -0.2) is 0 Å². The van der Waals surface area contributed by atoms with Crippen molar-refractivity contribution in [1.82, 2.24) is 0 Å². The highest BCUT2D eigenvalue weighted by Crippen LogP contribution is 2.42. The second-order valence-corrected chi connectivity index (χ2v) is 4.38. The van der Waals surface area contributed by atoms with Crippen LogP contribution in [0.4, 0.5) is 11.4 Å². The number of hydrogen-bond acceptors (Lipinski definition) is 2. The Kier molecular flexibility index (Phi) is 1.43. The van der Waals surface area contributed by atoms with Gasteiger partial charge in [0.2, 0.25) is 0 Å². The molecule has 0 aromatic heterocycles. The summed E-state index contributed by atoms with van der Waals surface area (Å²) in [6.07, 6.45) is 5.30. The fourth-order valence-electron chi connectivity index (χ4n) is 2.81. The van der Waals surface area contributed by atoms with Crippen molar-refractivity contribution in [3.8, 4) is 0 Å². The fourth-order valence-corrected chi connectivity index (χ4v) is 2.81. The van der Waals surface area contributed by atoms with Gasteiger partial charge in [0.1, 0.15) is 0 Å². The number of nitrogens with zero attached hydrogens (tertiary/aromatic N) is 1. The van der Waals surface area contributed by atoms with Gasteiger partial charge in [0.05, 0.1) is 11.4 Å². The van der Waals surface area contributed by atoms with Crippen LogP contribution in [-0.4, -0.2) is 6.54 Å². The van der Waals surface area contributed by atoms with Crippen LogP contribution in [0, 0.1) is 0 Å². The molecule has 4 rings (SSSR count). The maximum Gasteiger partial charge on any atom is 0.0685 e. The highest BCUT2D eigenvalue weighted by Gasteiger charge is 2.24. The van der Waals surface area contributed by atoms with Gasteiger partial charge in [0.15, 0.2) is 0 Å². The molecule has 0 radical (unpaired) electrons.